The monoisotopic (exact) mass is 340 g/mol. The van der Waals surface area contributed by atoms with E-state index in [-0.39, 0.29) is 24.0 Å². The van der Waals surface area contributed by atoms with Crippen LogP contribution < -0.4 is 15.8 Å². The molecule has 0 aliphatic heterocycles. The van der Waals surface area contributed by atoms with Gasteiger partial charge in [0.15, 0.2) is 11.6 Å². The molecule has 0 fully saturated rings. The number of benzene rings is 1. The third-order valence-electron chi connectivity index (χ3n) is 2.79. The van der Waals surface area contributed by atoms with Gasteiger partial charge in [0.05, 0.1) is 0 Å². The second-order valence-electron chi connectivity index (χ2n) is 4.52. The van der Waals surface area contributed by atoms with Gasteiger partial charge in [0.1, 0.15) is 0 Å². The first-order valence-electron chi connectivity index (χ1n) is 6.77. The zero-order chi connectivity index (χ0) is 15.7. The van der Waals surface area contributed by atoms with Crippen molar-refractivity contribution in [1.29, 1.82) is 0 Å². The lowest BCUT2D eigenvalue weighted by atomic mass is 10.1. The fraction of sp³-hybridized carbons (Fsp3) is 0.500. The van der Waals surface area contributed by atoms with E-state index in [0.29, 0.717) is 13.0 Å². The number of carbonyl (C=O) groups is 1. The summed E-state index contributed by atoms with van der Waals surface area (Å²) in [5.41, 5.74) is 5.57. The fourth-order valence-corrected chi connectivity index (χ4v) is 1.78. The van der Waals surface area contributed by atoms with Crippen molar-refractivity contribution in [1.82, 2.24) is 0 Å². The predicted octanol–water partition coefficient (Wildman–Crippen LogP) is 3.70. The van der Waals surface area contributed by atoms with Crippen LogP contribution in [0.25, 0.3) is 0 Å². The zero-order valence-corrected chi connectivity index (χ0v) is 12.8. The maximum Gasteiger partial charge on any atom is 0.387 e. The van der Waals surface area contributed by atoms with Crippen LogP contribution >= 0.6 is 12.4 Å². The maximum absolute atomic E-state index is 13.4. The van der Waals surface area contributed by atoms with Crippen molar-refractivity contribution in [3.8, 4) is 5.75 Å². The summed E-state index contributed by atoms with van der Waals surface area (Å²) in [5, 5.41) is 2.51. The van der Waals surface area contributed by atoms with Crippen LogP contribution in [0.1, 0.15) is 32.1 Å². The molecule has 0 saturated heterocycles. The van der Waals surface area contributed by atoms with Crippen molar-refractivity contribution >= 4 is 24.0 Å². The van der Waals surface area contributed by atoms with Gasteiger partial charge in [-0.1, -0.05) is 12.8 Å². The molecule has 126 valence electrons. The van der Waals surface area contributed by atoms with E-state index < -0.39 is 18.2 Å². The number of halogens is 4. The lowest BCUT2D eigenvalue weighted by Gasteiger charge is -2.09. The van der Waals surface area contributed by atoms with Crippen molar-refractivity contribution in [2.75, 3.05) is 11.9 Å². The van der Waals surface area contributed by atoms with Gasteiger partial charge in [-0.05, 0) is 31.5 Å². The van der Waals surface area contributed by atoms with E-state index in [4.69, 9.17) is 5.73 Å². The quantitative estimate of drug-likeness (QED) is 0.674. The third kappa shape index (κ3) is 8.09. The normalized spacial score (nSPS) is 10.2. The second-order valence-corrected chi connectivity index (χ2v) is 4.52. The van der Waals surface area contributed by atoms with Crippen molar-refractivity contribution < 1.29 is 22.7 Å². The number of carbonyl (C=O) groups excluding carboxylic acids is 1. The Bertz CT molecular complexity index is 462. The van der Waals surface area contributed by atoms with Gasteiger partial charge in [0.25, 0.3) is 0 Å². The van der Waals surface area contributed by atoms with Gasteiger partial charge in [-0.15, -0.1) is 12.4 Å². The molecule has 0 aliphatic carbocycles. The van der Waals surface area contributed by atoms with Crippen LogP contribution in [-0.4, -0.2) is 19.1 Å². The molecule has 0 atom stereocenters. The number of ether oxygens (including phenoxy) is 1. The molecule has 0 spiro atoms. The summed E-state index contributed by atoms with van der Waals surface area (Å²) >= 11 is 0. The van der Waals surface area contributed by atoms with E-state index in [1.165, 1.54) is 6.07 Å². The van der Waals surface area contributed by atoms with Crippen LogP contribution in [0.4, 0.5) is 18.9 Å². The molecule has 0 unspecified atom stereocenters. The summed E-state index contributed by atoms with van der Waals surface area (Å²) in [4.78, 5) is 11.6. The Labute approximate surface area is 133 Å². The summed E-state index contributed by atoms with van der Waals surface area (Å²) in [5.74, 6) is -1.74. The second kappa shape index (κ2) is 11.1. The summed E-state index contributed by atoms with van der Waals surface area (Å²) in [6.07, 6.45) is 3.85. The molecule has 8 heteroatoms. The van der Waals surface area contributed by atoms with Crippen molar-refractivity contribution in [2.45, 2.75) is 38.7 Å². The lowest BCUT2D eigenvalue weighted by molar-refractivity contribution is -0.116. The van der Waals surface area contributed by atoms with Crippen LogP contribution in [0.2, 0.25) is 0 Å². The van der Waals surface area contributed by atoms with E-state index >= 15 is 0 Å². The van der Waals surface area contributed by atoms with E-state index in [2.05, 4.69) is 10.1 Å². The first kappa shape index (κ1) is 20.5. The molecule has 3 N–H and O–H groups in total. The van der Waals surface area contributed by atoms with Crippen LogP contribution in [0, 0.1) is 5.82 Å². The van der Waals surface area contributed by atoms with Gasteiger partial charge in [0, 0.05) is 18.2 Å². The number of hydrogen-bond acceptors (Lipinski definition) is 3. The zero-order valence-electron chi connectivity index (χ0n) is 12.0. The Balaban J connectivity index is 0.00000441. The lowest BCUT2D eigenvalue weighted by Crippen LogP contribution is -2.11. The molecule has 0 aliphatic rings. The maximum atomic E-state index is 13.4. The van der Waals surface area contributed by atoms with Crippen LogP contribution in [0.3, 0.4) is 0 Å². The van der Waals surface area contributed by atoms with Crippen molar-refractivity contribution in [3.05, 3.63) is 24.0 Å². The number of unbranched alkanes of at least 4 members (excludes halogenated alkanes) is 3. The number of amides is 1. The van der Waals surface area contributed by atoms with Crippen molar-refractivity contribution in [2.24, 2.45) is 5.73 Å². The minimum Gasteiger partial charge on any atom is -0.432 e. The molecule has 0 aromatic heterocycles. The van der Waals surface area contributed by atoms with Gasteiger partial charge in [0.2, 0.25) is 5.91 Å². The molecule has 22 heavy (non-hydrogen) atoms. The molecular weight excluding hydrogens is 321 g/mol. The standard InChI is InChI=1S/C14H19F3N2O2.ClH/c15-11-9-10(6-7-12(11)21-14(16)17)19-13(20)5-3-1-2-4-8-18;/h6-7,9,14H,1-5,8,18H2,(H,19,20);1H. The highest BCUT2D eigenvalue weighted by molar-refractivity contribution is 5.90. The van der Waals surface area contributed by atoms with E-state index in [9.17, 15) is 18.0 Å². The Morgan fingerprint density at radius 1 is 1.23 bits per heavy atom. The minimum atomic E-state index is -3.09. The molecule has 1 aromatic rings. The Hall–Kier alpha value is -1.47. The first-order chi connectivity index (χ1) is 10.0. The van der Waals surface area contributed by atoms with Gasteiger partial charge in [-0.2, -0.15) is 8.78 Å². The topological polar surface area (TPSA) is 64.4 Å². The summed E-state index contributed by atoms with van der Waals surface area (Å²) in [6, 6.07) is 3.31. The Morgan fingerprint density at radius 3 is 2.50 bits per heavy atom. The van der Waals surface area contributed by atoms with Crippen LogP contribution in [-0.2, 0) is 4.79 Å². The number of nitrogens with one attached hydrogen (secondary N) is 1. The molecule has 0 bridgehead atoms. The number of anilines is 1. The summed E-state index contributed by atoms with van der Waals surface area (Å²) in [6.45, 7) is -2.45. The number of rotatable bonds is 9. The van der Waals surface area contributed by atoms with Crippen molar-refractivity contribution in [3.63, 3.8) is 0 Å². The van der Waals surface area contributed by atoms with E-state index in [0.717, 1.165) is 37.8 Å². The Morgan fingerprint density at radius 2 is 1.91 bits per heavy atom. The van der Waals surface area contributed by atoms with Gasteiger partial charge >= 0.3 is 6.61 Å². The summed E-state index contributed by atoms with van der Waals surface area (Å²) in [7, 11) is 0. The molecular formula is C14H20ClF3N2O2. The van der Waals surface area contributed by atoms with Gasteiger partial charge < -0.3 is 15.8 Å². The minimum absolute atomic E-state index is 0. The smallest absolute Gasteiger partial charge is 0.387 e. The average Bonchev–Trinajstić information content (AvgIpc) is 2.41. The molecule has 1 amide bonds. The highest BCUT2D eigenvalue weighted by Gasteiger charge is 2.11. The molecule has 0 saturated carbocycles. The van der Waals surface area contributed by atoms with Gasteiger partial charge in [-0.3, -0.25) is 4.79 Å². The van der Waals surface area contributed by atoms with E-state index in [1.807, 2.05) is 0 Å². The molecule has 1 rings (SSSR count). The molecule has 0 radical (unpaired) electrons. The molecule has 0 heterocycles. The third-order valence-corrected chi connectivity index (χ3v) is 2.79. The largest absolute Gasteiger partial charge is 0.432 e. The highest BCUT2D eigenvalue weighted by atomic mass is 35.5. The number of hydrogen-bond donors (Lipinski definition) is 2. The van der Waals surface area contributed by atoms with Crippen LogP contribution in [0.15, 0.2) is 18.2 Å². The number of alkyl halides is 2. The fourth-order valence-electron chi connectivity index (χ4n) is 1.78. The van der Waals surface area contributed by atoms with E-state index in [1.54, 1.807) is 0 Å². The van der Waals surface area contributed by atoms with Gasteiger partial charge in [-0.25, -0.2) is 4.39 Å². The molecule has 4 nitrogen and oxygen atoms in total. The SMILES string of the molecule is Cl.NCCCCCCC(=O)Nc1ccc(OC(F)F)c(F)c1. The Kier molecular flexibility index (Phi) is 10.4. The molecule has 1 aromatic carbocycles. The highest BCUT2D eigenvalue weighted by Crippen LogP contribution is 2.23. The number of nitrogens with two attached hydrogens (primary N) is 1. The summed E-state index contributed by atoms with van der Waals surface area (Å²) < 4.78 is 41.4. The predicted molar refractivity (Wildman–Crippen MR) is 81.0 cm³/mol. The average molecular weight is 341 g/mol. The first-order valence-corrected chi connectivity index (χ1v) is 6.77. The van der Waals surface area contributed by atoms with Crippen LogP contribution in [0.5, 0.6) is 5.75 Å².